The Morgan fingerprint density at radius 2 is 1.68 bits per heavy atom. The first-order valence-corrected chi connectivity index (χ1v) is 21.0. The van der Waals surface area contributed by atoms with E-state index in [1.807, 2.05) is 36.5 Å². The molecule has 0 aliphatic carbocycles. The third-order valence-electron chi connectivity index (χ3n) is 11.8. The molecular weight excluding hydrogens is 769 g/mol. The van der Waals surface area contributed by atoms with Crippen molar-refractivity contribution in [2.75, 3.05) is 60.9 Å². The topological polar surface area (TPSA) is 185 Å². The van der Waals surface area contributed by atoms with Gasteiger partial charge >= 0.3 is 0 Å². The zero-order valence-electron chi connectivity index (χ0n) is 32.9. The molecule has 0 radical (unpaired) electrons. The molecule has 59 heavy (non-hydrogen) atoms. The second-order valence-electron chi connectivity index (χ2n) is 15.9. The lowest BCUT2D eigenvalue weighted by atomic mass is 9.92. The minimum atomic E-state index is -0.966. The Hall–Kier alpha value is -6.25. The number of hydrogen-bond donors (Lipinski definition) is 2. The Balaban J connectivity index is 0.770. The molecule has 4 aromatic heterocycles. The van der Waals surface area contributed by atoms with Crippen molar-refractivity contribution in [3.63, 3.8) is 0 Å². The summed E-state index contributed by atoms with van der Waals surface area (Å²) < 4.78 is 1.79. The lowest BCUT2D eigenvalue weighted by molar-refractivity contribution is -0.136. The van der Waals surface area contributed by atoms with E-state index in [2.05, 4.69) is 60.5 Å². The number of carbonyl (C=O) groups excluding carboxylic acids is 4. The second kappa shape index (κ2) is 15.8. The monoisotopic (exact) mass is 812 g/mol. The fourth-order valence-electron chi connectivity index (χ4n) is 8.57. The highest BCUT2D eigenvalue weighted by Gasteiger charge is 2.45. The smallest absolute Gasteiger partial charge is 0.262 e. The maximum absolute atomic E-state index is 13.3. The van der Waals surface area contributed by atoms with Crippen molar-refractivity contribution in [1.82, 2.24) is 39.9 Å². The van der Waals surface area contributed by atoms with Gasteiger partial charge in [0.05, 0.1) is 45.4 Å². The van der Waals surface area contributed by atoms with E-state index in [9.17, 15) is 24.4 Å². The highest BCUT2D eigenvalue weighted by atomic mass is 32.1. The molecule has 3 fully saturated rings. The number of amides is 4. The molecule has 3 saturated heterocycles. The van der Waals surface area contributed by atoms with Gasteiger partial charge in [-0.05, 0) is 94.5 Å². The van der Waals surface area contributed by atoms with E-state index in [0.717, 1.165) is 114 Å². The normalized spacial score (nSPS) is 19.2. The van der Waals surface area contributed by atoms with Crippen LogP contribution in [0.15, 0.2) is 54.9 Å². The maximum atomic E-state index is 13.3. The van der Waals surface area contributed by atoms with Crippen molar-refractivity contribution in [2.24, 2.45) is 5.92 Å². The molecule has 8 heterocycles. The molecule has 1 atom stereocenters. The molecule has 0 spiro atoms. The summed E-state index contributed by atoms with van der Waals surface area (Å²) in [4.78, 5) is 63.5. The van der Waals surface area contributed by atoms with Crippen molar-refractivity contribution in [3.8, 4) is 28.0 Å². The van der Waals surface area contributed by atoms with Gasteiger partial charge < -0.3 is 15.1 Å². The molecule has 16 nitrogen and oxygen atoms in total. The number of imide groups is 2. The lowest BCUT2D eigenvalue weighted by Gasteiger charge is -2.37. The maximum Gasteiger partial charge on any atom is 0.262 e. The molecule has 4 aliphatic heterocycles. The summed E-state index contributed by atoms with van der Waals surface area (Å²) >= 11 is 1.58. The zero-order valence-corrected chi connectivity index (χ0v) is 33.7. The van der Waals surface area contributed by atoms with Gasteiger partial charge in [0.15, 0.2) is 5.01 Å². The SMILES string of the molecule is CC(C)Nc1cc(-c2ccc3cc(C#N)cnn23)ncc1-c1nnc(N2CCN(CCC3CCN(c4ccc5c(c4)C(=O)N(C4CCC(=O)NC4=O)C5=O)CC3)CC2)s1. The van der Waals surface area contributed by atoms with Crippen molar-refractivity contribution in [3.05, 3.63) is 71.5 Å². The molecule has 0 saturated carbocycles. The summed E-state index contributed by atoms with van der Waals surface area (Å²) in [5, 5.41) is 30.5. The van der Waals surface area contributed by atoms with E-state index in [4.69, 9.17) is 4.98 Å². The van der Waals surface area contributed by atoms with Crippen molar-refractivity contribution >= 4 is 57.0 Å². The first kappa shape index (κ1) is 38.3. The molecule has 5 aromatic rings. The number of benzene rings is 1. The number of hydrogen-bond acceptors (Lipinski definition) is 14. The largest absolute Gasteiger partial charge is 0.382 e. The molecule has 0 bridgehead atoms. The average Bonchev–Trinajstić information content (AvgIpc) is 3.97. The van der Waals surface area contributed by atoms with Gasteiger partial charge in [0.1, 0.15) is 12.1 Å². The molecule has 17 heteroatoms. The Labute approximate surface area is 344 Å². The quantitative estimate of drug-likeness (QED) is 0.189. The third-order valence-corrected chi connectivity index (χ3v) is 12.8. The average molecular weight is 813 g/mol. The number of aromatic nitrogens is 5. The number of carbonyl (C=O) groups is 4. The van der Waals surface area contributed by atoms with Crippen molar-refractivity contribution in [2.45, 2.75) is 58.0 Å². The number of pyridine rings is 1. The fourth-order valence-corrected chi connectivity index (χ4v) is 9.49. The Morgan fingerprint density at radius 1 is 0.881 bits per heavy atom. The molecule has 1 aromatic carbocycles. The van der Waals surface area contributed by atoms with Crippen LogP contribution in [-0.2, 0) is 9.59 Å². The number of nitrogens with zero attached hydrogens (tertiary/aromatic N) is 10. The summed E-state index contributed by atoms with van der Waals surface area (Å²) in [6.07, 6.45) is 6.87. The van der Waals surface area contributed by atoms with Crippen LogP contribution in [0.3, 0.4) is 0 Å². The Kier molecular flexibility index (Phi) is 10.3. The first-order valence-electron chi connectivity index (χ1n) is 20.2. The third kappa shape index (κ3) is 7.49. The highest BCUT2D eigenvalue weighted by Crippen LogP contribution is 2.37. The minimum Gasteiger partial charge on any atom is -0.382 e. The minimum absolute atomic E-state index is 0.0969. The van der Waals surface area contributed by atoms with E-state index in [0.29, 0.717) is 22.6 Å². The molecule has 302 valence electrons. The van der Waals surface area contributed by atoms with Crippen LogP contribution in [0.2, 0.25) is 0 Å². The Bertz CT molecular complexity index is 2510. The lowest BCUT2D eigenvalue weighted by Crippen LogP contribution is -2.54. The molecule has 2 N–H and O–H groups in total. The van der Waals surface area contributed by atoms with Crippen LogP contribution in [0.4, 0.5) is 16.5 Å². The molecule has 1 unspecified atom stereocenters. The molecular formula is C42H44N12O4S. The van der Waals surface area contributed by atoms with Gasteiger partial charge in [-0.3, -0.25) is 39.3 Å². The van der Waals surface area contributed by atoms with Gasteiger partial charge in [-0.15, -0.1) is 10.2 Å². The van der Waals surface area contributed by atoms with Crippen LogP contribution >= 0.6 is 11.3 Å². The summed E-state index contributed by atoms with van der Waals surface area (Å²) in [6.45, 7) is 10.6. The van der Waals surface area contributed by atoms with Gasteiger partial charge in [-0.2, -0.15) is 10.4 Å². The fraction of sp³-hybridized carbons (Fsp3) is 0.405. The predicted molar refractivity (Wildman–Crippen MR) is 222 cm³/mol. The van der Waals surface area contributed by atoms with Gasteiger partial charge in [-0.25, -0.2) is 4.52 Å². The molecule has 9 rings (SSSR count). The van der Waals surface area contributed by atoms with Crippen LogP contribution in [0.5, 0.6) is 0 Å². The number of fused-ring (bicyclic) bond motifs is 2. The van der Waals surface area contributed by atoms with Crippen LogP contribution in [0.25, 0.3) is 27.5 Å². The molecule has 4 amide bonds. The van der Waals surface area contributed by atoms with Crippen LogP contribution in [0, 0.1) is 17.2 Å². The van der Waals surface area contributed by atoms with E-state index in [1.165, 1.54) is 0 Å². The number of nitriles is 1. The van der Waals surface area contributed by atoms with Gasteiger partial charge in [0.25, 0.3) is 11.8 Å². The second-order valence-corrected chi connectivity index (χ2v) is 16.9. The highest BCUT2D eigenvalue weighted by molar-refractivity contribution is 7.18. The van der Waals surface area contributed by atoms with E-state index < -0.39 is 23.8 Å². The Morgan fingerprint density at radius 3 is 2.44 bits per heavy atom. The van der Waals surface area contributed by atoms with E-state index in [1.54, 1.807) is 34.2 Å². The number of nitrogens with one attached hydrogen (secondary N) is 2. The van der Waals surface area contributed by atoms with Gasteiger partial charge in [0.2, 0.25) is 16.9 Å². The van der Waals surface area contributed by atoms with Gasteiger partial charge in [0, 0.05) is 69.3 Å². The summed E-state index contributed by atoms with van der Waals surface area (Å²) in [5.41, 5.74) is 6.28. The first-order chi connectivity index (χ1) is 28.6. The summed E-state index contributed by atoms with van der Waals surface area (Å²) in [7, 11) is 0. The molecule has 4 aliphatic rings. The van der Waals surface area contributed by atoms with Gasteiger partial charge in [-0.1, -0.05) is 11.3 Å². The number of piperidine rings is 2. The zero-order chi connectivity index (χ0) is 40.8. The summed E-state index contributed by atoms with van der Waals surface area (Å²) in [6, 6.07) is 14.5. The standard InChI is InChI=1S/C42H44N12O4S/c1-25(2)46-33-21-34(35-6-4-29-19-27(22-43)23-45-54(29)35)44-24-32(33)39-48-49-42(59-39)52-17-15-50(16-18-52)12-9-26-10-13-51(14-11-26)28-3-5-30-31(20-28)41(58)53(40(30)57)36-7-8-37(55)47-38(36)56/h3-6,19-21,23-26,36H,7-18H2,1-2H3,(H,44,46)(H,47,55,56). The predicted octanol–water partition coefficient (Wildman–Crippen LogP) is 4.44. The number of piperazine rings is 1. The number of rotatable bonds is 10. The van der Waals surface area contributed by atoms with E-state index in [-0.39, 0.29) is 24.8 Å². The van der Waals surface area contributed by atoms with E-state index >= 15 is 0 Å². The summed E-state index contributed by atoms with van der Waals surface area (Å²) in [5.74, 6) is -1.34. The van der Waals surface area contributed by atoms with Crippen LogP contribution < -0.4 is 20.4 Å². The van der Waals surface area contributed by atoms with Crippen LogP contribution in [-0.4, -0.2) is 116 Å². The van der Waals surface area contributed by atoms with Crippen molar-refractivity contribution in [1.29, 1.82) is 5.26 Å². The van der Waals surface area contributed by atoms with Crippen LogP contribution in [0.1, 0.15) is 72.2 Å². The van der Waals surface area contributed by atoms with Crippen molar-refractivity contribution < 1.29 is 19.2 Å². The number of anilines is 3.